The fraction of sp³-hybridized carbons (Fsp3) is 0.333. The maximum atomic E-state index is 11.4. The van der Waals surface area contributed by atoms with Gasteiger partial charge in [0.15, 0.2) is 0 Å². The summed E-state index contributed by atoms with van der Waals surface area (Å²) in [6.07, 6.45) is 1.47. The largest absolute Gasteiger partial charge is 0.481 e. The van der Waals surface area contributed by atoms with Crippen molar-refractivity contribution in [2.75, 3.05) is 13.2 Å². The molecule has 27 heavy (non-hydrogen) atoms. The number of rotatable bonds is 11. The average molecular weight is 390 g/mol. The van der Waals surface area contributed by atoms with Crippen LogP contribution in [0.5, 0.6) is 0 Å². The zero-order valence-electron chi connectivity index (χ0n) is 15.2. The zero-order valence-corrected chi connectivity index (χ0v) is 16.0. The van der Waals surface area contributed by atoms with Crippen molar-refractivity contribution >= 4 is 24.0 Å². The summed E-state index contributed by atoms with van der Waals surface area (Å²) >= 11 is 6.04. The van der Waals surface area contributed by atoms with Gasteiger partial charge in [-0.25, -0.2) is 0 Å². The number of carbonyl (C=O) groups is 2. The van der Waals surface area contributed by atoms with Crippen LogP contribution < -0.4 is 5.32 Å². The smallest absolute Gasteiger partial charge is 0.308 e. The number of halogens is 1. The molecule has 144 valence electrons. The lowest BCUT2D eigenvalue weighted by molar-refractivity contribution is -0.144. The number of nitrogens with one attached hydrogen (secondary N) is 1. The first-order chi connectivity index (χ1) is 13.0. The average Bonchev–Trinajstić information content (AvgIpc) is 2.65. The van der Waals surface area contributed by atoms with Crippen LogP contribution in [0.3, 0.4) is 0 Å². The first-order valence-corrected chi connectivity index (χ1v) is 9.26. The van der Waals surface area contributed by atoms with E-state index in [-0.39, 0.29) is 12.6 Å². The van der Waals surface area contributed by atoms with Crippen molar-refractivity contribution in [3.05, 3.63) is 59.1 Å². The lowest BCUT2D eigenvalue weighted by Crippen LogP contribution is -2.35. The molecule has 2 aromatic rings. The van der Waals surface area contributed by atoms with Crippen LogP contribution in [0.4, 0.5) is 0 Å². The van der Waals surface area contributed by atoms with Crippen molar-refractivity contribution < 1.29 is 19.4 Å². The van der Waals surface area contributed by atoms with Crippen LogP contribution in [0.2, 0.25) is 5.02 Å². The van der Waals surface area contributed by atoms with Crippen molar-refractivity contribution in [2.24, 2.45) is 5.92 Å². The Morgan fingerprint density at radius 3 is 2.56 bits per heavy atom. The Labute approximate surface area is 164 Å². The number of carboxylic acids is 1. The number of carbonyl (C=O) groups excluding carboxylic acids is 1. The third-order valence-electron chi connectivity index (χ3n) is 4.34. The summed E-state index contributed by atoms with van der Waals surface area (Å²) < 4.78 is 5.25. The highest BCUT2D eigenvalue weighted by molar-refractivity contribution is 6.30. The monoisotopic (exact) mass is 389 g/mol. The van der Waals surface area contributed by atoms with Crippen molar-refractivity contribution in [2.45, 2.75) is 25.8 Å². The molecule has 0 aliphatic rings. The second-order valence-electron chi connectivity index (χ2n) is 6.32. The molecule has 0 bridgehead atoms. The number of benzene rings is 2. The molecular weight excluding hydrogens is 366 g/mol. The Morgan fingerprint density at radius 2 is 1.96 bits per heavy atom. The molecule has 0 heterocycles. The van der Waals surface area contributed by atoms with E-state index < -0.39 is 11.9 Å². The van der Waals surface area contributed by atoms with Gasteiger partial charge in [-0.1, -0.05) is 48.0 Å². The van der Waals surface area contributed by atoms with Crippen LogP contribution >= 0.6 is 11.6 Å². The number of carboxylic acid groups (broad SMARTS) is 1. The van der Waals surface area contributed by atoms with E-state index in [1.807, 2.05) is 55.5 Å². The predicted octanol–water partition coefficient (Wildman–Crippen LogP) is 3.79. The number of ether oxygens (including phenoxy) is 1. The summed E-state index contributed by atoms with van der Waals surface area (Å²) in [6.45, 7) is 2.42. The highest BCUT2D eigenvalue weighted by Crippen LogP contribution is 2.23. The van der Waals surface area contributed by atoms with Gasteiger partial charge in [-0.15, -0.1) is 0 Å². The fourth-order valence-electron chi connectivity index (χ4n) is 2.94. The van der Waals surface area contributed by atoms with Crippen molar-refractivity contribution in [3.63, 3.8) is 0 Å². The van der Waals surface area contributed by atoms with Gasteiger partial charge in [0.05, 0.1) is 12.5 Å². The topological polar surface area (TPSA) is 75.6 Å². The molecule has 6 heteroatoms. The molecule has 0 aliphatic carbocycles. The molecule has 0 unspecified atom stereocenters. The van der Waals surface area contributed by atoms with Gasteiger partial charge >= 0.3 is 5.97 Å². The van der Waals surface area contributed by atoms with Gasteiger partial charge < -0.3 is 15.2 Å². The second kappa shape index (κ2) is 10.7. The first kappa shape index (κ1) is 20.9. The number of amides is 1. The molecule has 0 radical (unpaired) electrons. The van der Waals surface area contributed by atoms with E-state index in [1.54, 1.807) is 0 Å². The number of aliphatic carboxylic acids is 1. The molecule has 2 atom stereocenters. The van der Waals surface area contributed by atoms with Gasteiger partial charge in [-0.3, -0.25) is 9.59 Å². The van der Waals surface area contributed by atoms with Gasteiger partial charge in [0.25, 0.3) is 0 Å². The van der Waals surface area contributed by atoms with E-state index >= 15 is 0 Å². The van der Waals surface area contributed by atoms with Crippen molar-refractivity contribution in [3.8, 4) is 11.1 Å². The van der Waals surface area contributed by atoms with E-state index in [2.05, 4.69) is 5.32 Å². The molecule has 2 rings (SSSR count). The zero-order chi connectivity index (χ0) is 19.6. The molecule has 0 aliphatic heterocycles. The number of hydrogen-bond acceptors (Lipinski definition) is 3. The highest BCUT2D eigenvalue weighted by Gasteiger charge is 2.23. The van der Waals surface area contributed by atoms with Gasteiger partial charge in [0, 0.05) is 17.7 Å². The Kier molecular flexibility index (Phi) is 8.30. The molecule has 2 N–H and O–H groups in total. The Balaban J connectivity index is 2.06. The van der Waals surface area contributed by atoms with E-state index in [4.69, 9.17) is 16.3 Å². The molecule has 2 aromatic carbocycles. The SMILES string of the molecule is CCOC[C@H](C[C@@H](Cc1ccc(-c2cccc(Cl)c2)cc1)NC=O)C(=O)O. The van der Waals surface area contributed by atoms with Crippen molar-refractivity contribution in [1.82, 2.24) is 5.32 Å². The van der Waals surface area contributed by atoms with Gasteiger partial charge in [-0.2, -0.15) is 0 Å². The standard InChI is InChI=1S/C21H24ClNO4/c1-2-27-13-18(21(25)26)12-20(23-14-24)10-15-6-8-16(9-7-15)17-4-3-5-19(22)11-17/h3-9,11,14,18,20H,2,10,12-13H2,1H3,(H,23,24)(H,25,26)/t18-,20+/m0/s1. The highest BCUT2D eigenvalue weighted by atomic mass is 35.5. The summed E-state index contributed by atoms with van der Waals surface area (Å²) in [5, 5.41) is 12.8. The lowest BCUT2D eigenvalue weighted by atomic mass is 9.94. The molecule has 0 fully saturated rings. The van der Waals surface area contributed by atoms with E-state index in [9.17, 15) is 14.7 Å². The Morgan fingerprint density at radius 1 is 1.22 bits per heavy atom. The molecule has 0 aromatic heterocycles. The third kappa shape index (κ3) is 6.70. The van der Waals surface area contributed by atoms with Crippen molar-refractivity contribution in [1.29, 1.82) is 0 Å². The lowest BCUT2D eigenvalue weighted by Gasteiger charge is -2.21. The Bertz CT molecular complexity index is 748. The van der Waals surface area contributed by atoms with Crippen LogP contribution in [-0.4, -0.2) is 36.7 Å². The van der Waals surface area contributed by atoms with Crippen LogP contribution in [0.15, 0.2) is 48.5 Å². The van der Waals surface area contributed by atoms with Crippen LogP contribution in [0.1, 0.15) is 18.9 Å². The summed E-state index contributed by atoms with van der Waals surface area (Å²) in [5.41, 5.74) is 3.08. The maximum Gasteiger partial charge on any atom is 0.308 e. The molecule has 0 saturated carbocycles. The minimum atomic E-state index is -0.919. The third-order valence-corrected chi connectivity index (χ3v) is 4.57. The molecule has 1 amide bonds. The molecule has 0 spiro atoms. The normalized spacial score (nSPS) is 13.0. The summed E-state index contributed by atoms with van der Waals surface area (Å²) in [6, 6.07) is 15.3. The minimum absolute atomic E-state index is 0.135. The summed E-state index contributed by atoms with van der Waals surface area (Å²) in [4.78, 5) is 22.4. The second-order valence-corrected chi connectivity index (χ2v) is 6.76. The maximum absolute atomic E-state index is 11.4. The van der Waals surface area contributed by atoms with Gasteiger partial charge in [-0.05, 0) is 48.6 Å². The Hall–Kier alpha value is -2.37. The molecular formula is C21H24ClNO4. The molecule has 5 nitrogen and oxygen atoms in total. The summed E-state index contributed by atoms with van der Waals surface area (Å²) in [5.74, 6) is -1.58. The van der Waals surface area contributed by atoms with Gasteiger partial charge in [0.2, 0.25) is 6.41 Å². The van der Waals surface area contributed by atoms with Crippen LogP contribution in [0.25, 0.3) is 11.1 Å². The van der Waals surface area contributed by atoms with E-state index in [0.717, 1.165) is 16.7 Å². The minimum Gasteiger partial charge on any atom is -0.481 e. The van der Waals surface area contributed by atoms with E-state index in [1.165, 1.54) is 0 Å². The summed E-state index contributed by atoms with van der Waals surface area (Å²) in [7, 11) is 0. The first-order valence-electron chi connectivity index (χ1n) is 8.88. The van der Waals surface area contributed by atoms with E-state index in [0.29, 0.717) is 30.9 Å². The van der Waals surface area contributed by atoms with Gasteiger partial charge in [0.1, 0.15) is 0 Å². The van der Waals surface area contributed by atoms with Crippen LogP contribution in [0, 0.1) is 5.92 Å². The predicted molar refractivity (Wildman–Crippen MR) is 106 cm³/mol. The molecule has 0 saturated heterocycles. The number of hydrogen-bond donors (Lipinski definition) is 2. The fourth-order valence-corrected chi connectivity index (χ4v) is 3.13. The quantitative estimate of drug-likeness (QED) is 0.573. The van der Waals surface area contributed by atoms with Crippen LogP contribution in [-0.2, 0) is 20.7 Å².